The van der Waals surface area contributed by atoms with Gasteiger partial charge in [0, 0.05) is 50.2 Å². The summed E-state index contributed by atoms with van der Waals surface area (Å²) < 4.78 is 2.62. The second-order valence-electron chi connectivity index (χ2n) is 9.51. The predicted octanol–water partition coefficient (Wildman–Crippen LogP) is 1.67. The first-order valence-corrected chi connectivity index (χ1v) is 10.5. The van der Waals surface area contributed by atoms with Crippen molar-refractivity contribution in [1.29, 1.82) is 0 Å². The lowest BCUT2D eigenvalue weighted by atomic mass is 9.53. The summed E-state index contributed by atoms with van der Waals surface area (Å²) in [7, 11) is 2.31. The van der Waals surface area contributed by atoms with Crippen LogP contribution in [0.25, 0.3) is 0 Å². The van der Waals surface area contributed by atoms with Gasteiger partial charge in [-0.1, -0.05) is 19.3 Å². The van der Waals surface area contributed by atoms with E-state index >= 15 is 0 Å². The van der Waals surface area contributed by atoms with Crippen LogP contribution in [0, 0.1) is 17.8 Å². The van der Waals surface area contributed by atoms with Crippen LogP contribution < -0.4 is 26.4 Å². The van der Waals surface area contributed by atoms with Crippen molar-refractivity contribution in [3.8, 4) is 0 Å². The van der Waals surface area contributed by atoms with Crippen molar-refractivity contribution in [3.05, 3.63) is 24.5 Å². The van der Waals surface area contributed by atoms with E-state index in [1.165, 1.54) is 76.3 Å². The standard InChI is InChI=1S/C22H33N2.BrH/c1-23(20-5-3-2-4-6-20)21-7-9-24(10-8-21)22-14-17-11-18(15-22)13-19(12-17)16-22;/h7-10,17-20H,2-6,11-16H2,1H3;1H/q+1;/p-1. The molecule has 138 valence electrons. The highest BCUT2D eigenvalue weighted by molar-refractivity contribution is 5.44. The van der Waals surface area contributed by atoms with Crippen molar-refractivity contribution in [2.45, 2.75) is 82.2 Å². The number of hydrogen-bond acceptors (Lipinski definition) is 1. The average molecular weight is 405 g/mol. The molecule has 1 aromatic heterocycles. The highest BCUT2D eigenvalue weighted by Gasteiger charge is 2.56. The minimum absolute atomic E-state index is 0. The molecule has 5 aliphatic carbocycles. The van der Waals surface area contributed by atoms with Crippen molar-refractivity contribution in [3.63, 3.8) is 0 Å². The Balaban J connectivity index is 0.00000157. The van der Waals surface area contributed by atoms with E-state index in [4.69, 9.17) is 0 Å². The Morgan fingerprint density at radius 2 is 1.40 bits per heavy atom. The van der Waals surface area contributed by atoms with Crippen LogP contribution >= 0.6 is 0 Å². The third-order valence-electron chi connectivity index (χ3n) is 7.90. The molecule has 0 saturated heterocycles. The Morgan fingerprint density at radius 3 is 1.92 bits per heavy atom. The second-order valence-corrected chi connectivity index (χ2v) is 9.51. The van der Waals surface area contributed by atoms with Crippen LogP contribution in [0.3, 0.4) is 0 Å². The quantitative estimate of drug-likeness (QED) is 0.695. The molecular formula is C22H33BrN2. The third kappa shape index (κ3) is 3.15. The lowest BCUT2D eigenvalue weighted by molar-refractivity contribution is -0.776. The zero-order valence-electron chi connectivity index (χ0n) is 15.7. The van der Waals surface area contributed by atoms with E-state index in [2.05, 4.69) is 41.0 Å². The van der Waals surface area contributed by atoms with Gasteiger partial charge in [0.1, 0.15) is 0 Å². The summed E-state index contributed by atoms with van der Waals surface area (Å²) in [6.07, 6.45) is 20.8. The smallest absolute Gasteiger partial charge is 0.171 e. The first kappa shape index (κ1) is 17.8. The summed E-state index contributed by atoms with van der Waals surface area (Å²) in [4.78, 5) is 2.54. The molecule has 25 heavy (non-hydrogen) atoms. The molecule has 2 nitrogen and oxygen atoms in total. The van der Waals surface area contributed by atoms with E-state index in [0.717, 1.165) is 23.8 Å². The van der Waals surface area contributed by atoms with Crippen molar-refractivity contribution >= 4 is 5.69 Å². The summed E-state index contributed by atoms with van der Waals surface area (Å²) in [6.45, 7) is 0. The fraction of sp³-hybridized carbons (Fsp3) is 0.773. The first-order valence-electron chi connectivity index (χ1n) is 10.5. The molecule has 6 rings (SSSR count). The lowest BCUT2D eigenvalue weighted by Crippen LogP contribution is -3.00. The zero-order chi connectivity index (χ0) is 16.1. The Morgan fingerprint density at radius 1 is 0.880 bits per heavy atom. The second kappa shape index (κ2) is 6.87. The fourth-order valence-corrected chi connectivity index (χ4v) is 7.03. The molecule has 3 heteroatoms. The van der Waals surface area contributed by atoms with E-state index in [1.54, 1.807) is 0 Å². The SMILES string of the molecule is CN(c1cc[n+](C23CC4CC(CC(C4)C2)C3)cc1)C1CCCCC1.[Br-]. The summed E-state index contributed by atoms with van der Waals surface area (Å²) in [5.41, 5.74) is 1.89. The molecule has 5 aliphatic rings. The molecule has 0 aromatic carbocycles. The molecule has 1 heterocycles. The van der Waals surface area contributed by atoms with Crippen molar-refractivity contribution in [1.82, 2.24) is 0 Å². The summed E-state index contributed by atoms with van der Waals surface area (Å²) >= 11 is 0. The Hall–Kier alpha value is -0.570. The fourth-order valence-electron chi connectivity index (χ4n) is 7.03. The van der Waals surface area contributed by atoms with Crippen molar-refractivity contribution < 1.29 is 21.5 Å². The maximum Gasteiger partial charge on any atom is 0.171 e. The topological polar surface area (TPSA) is 7.12 Å². The van der Waals surface area contributed by atoms with E-state index in [-0.39, 0.29) is 17.0 Å². The maximum atomic E-state index is 2.62. The summed E-state index contributed by atoms with van der Waals surface area (Å²) in [5.74, 6) is 3.06. The number of nitrogens with zero attached hydrogens (tertiary/aromatic N) is 2. The normalized spacial score (nSPS) is 36.9. The largest absolute Gasteiger partial charge is 1.00 e. The van der Waals surface area contributed by atoms with Gasteiger partial charge in [0.05, 0.1) is 0 Å². The van der Waals surface area contributed by atoms with Crippen LogP contribution in [0.5, 0.6) is 0 Å². The minimum atomic E-state index is 0. The van der Waals surface area contributed by atoms with Crippen molar-refractivity contribution in [2.75, 3.05) is 11.9 Å². The van der Waals surface area contributed by atoms with E-state index in [9.17, 15) is 0 Å². The molecule has 4 bridgehead atoms. The predicted molar refractivity (Wildman–Crippen MR) is 98.1 cm³/mol. The van der Waals surface area contributed by atoms with Gasteiger partial charge in [-0.25, -0.2) is 0 Å². The minimum Gasteiger partial charge on any atom is -1.00 e. The molecule has 0 aliphatic heterocycles. The molecule has 0 unspecified atom stereocenters. The first-order chi connectivity index (χ1) is 11.7. The van der Waals surface area contributed by atoms with Gasteiger partial charge in [-0.05, 0) is 49.9 Å². The lowest BCUT2D eigenvalue weighted by Gasteiger charge is -2.53. The van der Waals surface area contributed by atoms with Crippen LogP contribution in [-0.4, -0.2) is 13.1 Å². The number of rotatable bonds is 3. The number of pyridine rings is 1. The van der Waals surface area contributed by atoms with E-state index in [0.29, 0.717) is 5.54 Å². The van der Waals surface area contributed by atoms with Gasteiger partial charge in [0.25, 0.3) is 0 Å². The van der Waals surface area contributed by atoms with Gasteiger partial charge in [-0.3, -0.25) is 0 Å². The number of aromatic nitrogens is 1. The highest BCUT2D eigenvalue weighted by Crippen LogP contribution is 2.56. The van der Waals surface area contributed by atoms with E-state index < -0.39 is 0 Å². The summed E-state index contributed by atoms with van der Waals surface area (Å²) in [6, 6.07) is 5.55. The van der Waals surface area contributed by atoms with Gasteiger partial charge >= 0.3 is 0 Å². The van der Waals surface area contributed by atoms with Crippen LogP contribution in [0.4, 0.5) is 5.69 Å². The molecule has 0 radical (unpaired) electrons. The number of hydrogen-bond donors (Lipinski definition) is 0. The molecule has 0 atom stereocenters. The van der Waals surface area contributed by atoms with Crippen LogP contribution in [0.15, 0.2) is 24.5 Å². The summed E-state index contributed by atoms with van der Waals surface area (Å²) in [5, 5.41) is 0. The van der Waals surface area contributed by atoms with Crippen LogP contribution in [0.2, 0.25) is 0 Å². The van der Waals surface area contributed by atoms with E-state index in [1.807, 2.05) is 0 Å². The number of halogens is 1. The van der Waals surface area contributed by atoms with Gasteiger partial charge in [-0.2, -0.15) is 4.57 Å². The maximum absolute atomic E-state index is 2.62. The highest BCUT2D eigenvalue weighted by atomic mass is 79.9. The Labute approximate surface area is 163 Å². The third-order valence-corrected chi connectivity index (χ3v) is 7.90. The van der Waals surface area contributed by atoms with Gasteiger partial charge in [0.2, 0.25) is 0 Å². The van der Waals surface area contributed by atoms with Crippen LogP contribution in [0.1, 0.15) is 70.6 Å². The van der Waals surface area contributed by atoms with Gasteiger partial charge in [0.15, 0.2) is 17.9 Å². The van der Waals surface area contributed by atoms with Crippen LogP contribution in [-0.2, 0) is 5.54 Å². The average Bonchev–Trinajstić information content (AvgIpc) is 2.61. The van der Waals surface area contributed by atoms with Gasteiger partial charge < -0.3 is 21.9 Å². The molecule has 0 N–H and O–H groups in total. The molecule has 1 aromatic rings. The zero-order valence-corrected chi connectivity index (χ0v) is 17.3. The van der Waals surface area contributed by atoms with Gasteiger partial charge in [-0.15, -0.1) is 0 Å². The monoisotopic (exact) mass is 404 g/mol. The Kier molecular flexibility index (Phi) is 4.90. The Bertz CT molecular complexity index is 555. The molecule has 5 saturated carbocycles. The van der Waals surface area contributed by atoms with Crippen molar-refractivity contribution in [2.24, 2.45) is 17.8 Å². The molecule has 5 fully saturated rings. The molecule has 0 spiro atoms. The molecule has 0 amide bonds. The number of anilines is 1. The molecular weight excluding hydrogens is 372 g/mol.